The fraction of sp³-hybridized carbons (Fsp3) is 0.600. The molecule has 1 N–H and O–H groups in total. The van der Waals surface area contributed by atoms with Gasteiger partial charge in [0.05, 0.1) is 0 Å². The van der Waals surface area contributed by atoms with Crippen LogP contribution in [0.25, 0.3) is 0 Å². The van der Waals surface area contributed by atoms with Gasteiger partial charge in [0.15, 0.2) is 0 Å². The molecule has 1 aromatic carbocycles. The van der Waals surface area contributed by atoms with E-state index in [-0.39, 0.29) is 0 Å². The Morgan fingerprint density at radius 2 is 1.94 bits per heavy atom. The normalized spacial score (nSPS) is 13.0. The highest BCUT2D eigenvalue weighted by Gasteiger charge is 2.13. The first-order chi connectivity index (χ1) is 8.15. The summed E-state index contributed by atoms with van der Waals surface area (Å²) in [4.78, 5) is 0. The average molecular weight is 251 g/mol. The first kappa shape index (κ1) is 14.6. The smallest absolute Gasteiger partial charge is 0.0414 e. The van der Waals surface area contributed by atoms with Crippen molar-refractivity contribution in [3.63, 3.8) is 0 Å². The molecule has 2 heteroatoms. The van der Waals surface area contributed by atoms with Crippen molar-refractivity contribution < 1.29 is 0 Å². The Morgan fingerprint density at radius 3 is 2.53 bits per heavy atom. The van der Waals surface area contributed by atoms with Gasteiger partial charge in [-0.2, -0.15) is 11.8 Å². The third kappa shape index (κ3) is 5.13. The highest BCUT2D eigenvalue weighted by molar-refractivity contribution is 7.99. The van der Waals surface area contributed by atoms with Gasteiger partial charge >= 0.3 is 0 Å². The van der Waals surface area contributed by atoms with Crippen LogP contribution in [0.2, 0.25) is 0 Å². The van der Waals surface area contributed by atoms with Crippen LogP contribution < -0.4 is 5.32 Å². The largest absolute Gasteiger partial charge is 0.309 e. The van der Waals surface area contributed by atoms with Crippen molar-refractivity contribution in [1.82, 2.24) is 5.32 Å². The molecular formula is C15H25NS. The minimum absolute atomic E-state index is 0.489. The van der Waals surface area contributed by atoms with Gasteiger partial charge in [0.25, 0.3) is 0 Å². The van der Waals surface area contributed by atoms with E-state index in [4.69, 9.17) is 0 Å². The number of benzene rings is 1. The van der Waals surface area contributed by atoms with Gasteiger partial charge in [0.1, 0.15) is 0 Å². The number of aryl methyl sites for hydroxylation is 1. The Hall–Kier alpha value is -0.470. The Kier molecular flexibility index (Phi) is 6.68. The van der Waals surface area contributed by atoms with Crippen LogP contribution >= 0.6 is 11.8 Å². The molecule has 0 heterocycles. The highest BCUT2D eigenvalue weighted by Crippen LogP contribution is 2.23. The first-order valence-corrected chi connectivity index (χ1v) is 7.60. The summed E-state index contributed by atoms with van der Waals surface area (Å²) < 4.78 is 0. The summed E-state index contributed by atoms with van der Waals surface area (Å²) in [5.74, 6) is 1.16. The minimum Gasteiger partial charge on any atom is -0.309 e. The van der Waals surface area contributed by atoms with Crippen molar-refractivity contribution in [2.75, 3.05) is 12.3 Å². The van der Waals surface area contributed by atoms with Crippen LogP contribution in [0.1, 0.15) is 44.4 Å². The van der Waals surface area contributed by atoms with Crippen LogP contribution in [0.4, 0.5) is 0 Å². The molecule has 0 aliphatic heterocycles. The number of hydrogen-bond acceptors (Lipinski definition) is 2. The molecule has 17 heavy (non-hydrogen) atoms. The van der Waals surface area contributed by atoms with Crippen molar-refractivity contribution in [2.24, 2.45) is 0 Å². The zero-order valence-corrected chi connectivity index (χ0v) is 12.3. The second-order valence-corrected chi connectivity index (χ2v) is 6.35. The van der Waals surface area contributed by atoms with Crippen LogP contribution in [0, 0.1) is 6.92 Å². The maximum Gasteiger partial charge on any atom is 0.0414 e. The third-order valence-electron chi connectivity index (χ3n) is 2.80. The Balaban J connectivity index is 2.71. The first-order valence-electron chi connectivity index (χ1n) is 6.55. The van der Waals surface area contributed by atoms with E-state index in [1.54, 1.807) is 0 Å². The van der Waals surface area contributed by atoms with Gasteiger partial charge in [0.2, 0.25) is 0 Å². The van der Waals surface area contributed by atoms with E-state index >= 15 is 0 Å². The summed E-state index contributed by atoms with van der Waals surface area (Å²) in [6.07, 6.45) is 1.19. The standard InChI is InChI=1S/C15H25NS/c1-5-10-16-15(11-17-12(2)3)14-9-7-6-8-13(14)4/h6-9,12,15-16H,5,10-11H2,1-4H3. The second-order valence-electron chi connectivity index (χ2n) is 4.75. The molecule has 96 valence electrons. The molecule has 1 aromatic rings. The Bertz CT molecular complexity index is 322. The quantitative estimate of drug-likeness (QED) is 0.780. The maximum atomic E-state index is 3.66. The molecule has 1 rings (SSSR count). The van der Waals surface area contributed by atoms with Crippen LogP contribution in [-0.4, -0.2) is 17.5 Å². The van der Waals surface area contributed by atoms with E-state index < -0.39 is 0 Å². The molecule has 0 saturated carbocycles. The summed E-state index contributed by atoms with van der Waals surface area (Å²) in [6, 6.07) is 9.21. The zero-order chi connectivity index (χ0) is 12.7. The van der Waals surface area contributed by atoms with Gasteiger partial charge in [-0.15, -0.1) is 0 Å². The lowest BCUT2D eigenvalue weighted by atomic mass is 10.0. The molecule has 1 nitrogen and oxygen atoms in total. The molecule has 0 amide bonds. The molecule has 0 saturated heterocycles. The molecule has 0 bridgehead atoms. The van der Waals surface area contributed by atoms with Crippen molar-refractivity contribution in [3.05, 3.63) is 35.4 Å². The van der Waals surface area contributed by atoms with Gasteiger partial charge in [-0.25, -0.2) is 0 Å². The lowest BCUT2D eigenvalue weighted by molar-refractivity contribution is 0.575. The molecule has 0 aliphatic carbocycles. The molecule has 0 fully saturated rings. The van der Waals surface area contributed by atoms with E-state index in [2.05, 4.69) is 57.3 Å². The number of thioether (sulfide) groups is 1. The summed E-state index contributed by atoms with van der Waals surface area (Å²) in [5, 5.41) is 4.36. The zero-order valence-electron chi connectivity index (χ0n) is 11.5. The predicted molar refractivity (Wildman–Crippen MR) is 79.8 cm³/mol. The van der Waals surface area contributed by atoms with Crippen molar-refractivity contribution in [1.29, 1.82) is 0 Å². The lowest BCUT2D eigenvalue weighted by Gasteiger charge is -2.21. The van der Waals surface area contributed by atoms with Crippen LogP contribution in [0.15, 0.2) is 24.3 Å². The van der Waals surface area contributed by atoms with E-state index in [1.165, 1.54) is 17.5 Å². The van der Waals surface area contributed by atoms with E-state index in [0.717, 1.165) is 12.3 Å². The van der Waals surface area contributed by atoms with Crippen LogP contribution in [0.3, 0.4) is 0 Å². The van der Waals surface area contributed by atoms with Crippen LogP contribution in [0.5, 0.6) is 0 Å². The van der Waals surface area contributed by atoms with Gasteiger partial charge in [-0.3, -0.25) is 0 Å². The van der Waals surface area contributed by atoms with E-state index in [9.17, 15) is 0 Å². The van der Waals surface area contributed by atoms with E-state index in [1.807, 2.05) is 11.8 Å². The molecule has 0 radical (unpaired) electrons. The maximum absolute atomic E-state index is 3.66. The average Bonchev–Trinajstić information content (AvgIpc) is 2.30. The van der Waals surface area contributed by atoms with Gasteiger partial charge in [-0.1, -0.05) is 45.0 Å². The molecule has 0 aliphatic rings. The van der Waals surface area contributed by atoms with Crippen molar-refractivity contribution >= 4 is 11.8 Å². The third-order valence-corrected chi connectivity index (χ3v) is 3.99. The second kappa shape index (κ2) is 7.78. The fourth-order valence-corrected chi connectivity index (χ4v) is 2.72. The van der Waals surface area contributed by atoms with Gasteiger partial charge < -0.3 is 5.32 Å². The van der Waals surface area contributed by atoms with Crippen molar-refractivity contribution in [2.45, 2.75) is 45.4 Å². The Labute approximate surface area is 110 Å². The van der Waals surface area contributed by atoms with Gasteiger partial charge in [0, 0.05) is 11.8 Å². The number of hydrogen-bond donors (Lipinski definition) is 1. The number of nitrogens with one attached hydrogen (secondary N) is 1. The summed E-state index contributed by atoms with van der Waals surface area (Å²) in [7, 11) is 0. The van der Waals surface area contributed by atoms with Crippen molar-refractivity contribution in [3.8, 4) is 0 Å². The molecule has 0 spiro atoms. The van der Waals surface area contributed by atoms with E-state index in [0.29, 0.717) is 11.3 Å². The minimum atomic E-state index is 0.489. The van der Waals surface area contributed by atoms with Crippen LogP contribution in [-0.2, 0) is 0 Å². The summed E-state index contributed by atoms with van der Waals surface area (Å²) in [6.45, 7) is 10.0. The SMILES string of the molecule is CCCNC(CSC(C)C)c1ccccc1C. The highest BCUT2D eigenvalue weighted by atomic mass is 32.2. The summed E-state index contributed by atoms with van der Waals surface area (Å²) in [5.41, 5.74) is 2.85. The number of rotatable bonds is 7. The molecule has 1 atom stereocenters. The van der Waals surface area contributed by atoms with Gasteiger partial charge in [-0.05, 0) is 36.3 Å². The molecule has 1 unspecified atom stereocenters. The predicted octanol–water partition coefficient (Wildman–Crippen LogP) is 4.18. The molecule has 0 aromatic heterocycles. The topological polar surface area (TPSA) is 12.0 Å². The monoisotopic (exact) mass is 251 g/mol. The lowest BCUT2D eigenvalue weighted by Crippen LogP contribution is -2.25. The Morgan fingerprint density at radius 1 is 1.24 bits per heavy atom. The fourth-order valence-electron chi connectivity index (χ4n) is 1.84. The molecular weight excluding hydrogens is 226 g/mol. The summed E-state index contributed by atoms with van der Waals surface area (Å²) >= 11 is 2.03.